The van der Waals surface area contributed by atoms with Crippen LogP contribution in [0.3, 0.4) is 0 Å². The zero-order valence-corrected chi connectivity index (χ0v) is 6.69. The highest BCUT2D eigenvalue weighted by Crippen LogP contribution is 2.17. The second kappa shape index (κ2) is 2.29. The maximum atomic E-state index is 4.03. The summed E-state index contributed by atoms with van der Waals surface area (Å²) in [6, 6.07) is 0. The van der Waals surface area contributed by atoms with E-state index in [1.54, 1.807) is 0 Å². The normalized spacial score (nSPS) is 18.9. The van der Waals surface area contributed by atoms with Crippen LogP contribution in [0, 0.1) is 0 Å². The average molecular weight is 155 g/mol. The zero-order chi connectivity index (χ0) is 6.97. The molecular formula is C6H9N3S. The first kappa shape index (κ1) is 6.24. The quantitative estimate of drug-likeness (QED) is 0.547. The highest BCUT2D eigenvalue weighted by atomic mass is 32.1. The Morgan fingerprint density at radius 2 is 2.50 bits per heavy atom. The third-order valence-corrected chi connectivity index (χ3v) is 2.53. The predicted molar refractivity (Wildman–Crippen MR) is 39.9 cm³/mol. The molecule has 0 N–H and O–H groups in total. The molecule has 2 rings (SSSR count). The van der Waals surface area contributed by atoms with Crippen molar-refractivity contribution in [1.29, 1.82) is 0 Å². The van der Waals surface area contributed by atoms with E-state index in [2.05, 4.69) is 21.5 Å². The van der Waals surface area contributed by atoms with Gasteiger partial charge in [-0.3, -0.25) is 0 Å². The van der Waals surface area contributed by atoms with Crippen LogP contribution in [0.1, 0.15) is 10.6 Å². The van der Waals surface area contributed by atoms with Gasteiger partial charge in [-0.1, -0.05) is 4.49 Å². The van der Waals surface area contributed by atoms with Crippen LogP contribution in [0.2, 0.25) is 0 Å². The van der Waals surface area contributed by atoms with E-state index < -0.39 is 0 Å². The van der Waals surface area contributed by atoms with Gasteiger partial charge >= 0.3 is 0 Å². The fourth-order valence-electron chi connectivity index (χ4n) is 1.16. The number of hydrogen-bond acceptors (Lipinski definition) is 4. The van der Waals surface area contributed by atoms with Crippen molar-refractivity contribution >= 4 is 11.5 Å². The van der Waals surface area contributed by atoms with E-state index in [-0.39, 0.29) is 0 Å². The predicted octanol–water partition coefficient (Wildman–Crippen LogP) is 0.526. The lowest BCUT2D eigenvalue weighted by molar-refractivity contribution is 0.314. The molecule has 0 atom stereocenters. The van der Waals surface area contributed by atoms with E-state index in [0.29, 0.717) is 0 Å². The molecular weight excluding hydrogens is 146 g/mol. The van der Waals surface area contributed by atoms with E-state index in [1.807, 2.05) is 0 Å². The Kier molecular flexibility index (Phi) is 1.43. The number of hydrogen-bond donors (Lipinski definition) is 0. The van der Waals surface area contributed by atoms with Gasteiger partial charge in [0.15, 0.2) is 0 Å². The van der Waals surface area contributed by atoms with Gasteiger partial charge in [0.1, 0.15) is 0 Å². The van der Waals surface area contributed by atoms with E-state index in [0.717, 1.165) is 19.5 Å². The molecule has 0 saturated heterocycles. The first-order chi connectivity index (χ1) is 4.86. The summed E-state index contributed by atoms with van der Waals surface area (Å²) in [5, 5.41) is 4.03. The molecule has 1 aliphatic heterocycles. The molecule has 0 saturated carbocycles. The van der Waals surface area contributed by atoms with Gasteiger partial charge in [0.25, 0.3) is 0 Å². The minimum absolute atomic E-state index is 1.03. The Labute approximate surface area is 63.8 Å². The van der Waals surface area contributed by atoms with Crippen molar-refractivity contribution in [3.05, 3.63) is 10.6 Å². The molecule has 0 aliphatic carbocycles. The van der Waals surface area contributed by atoms with Crippen LogP contribution in [0.25, 0.3) is 0 Å². The van der Waals surface area contributed by atoms with Gasteiger partial charge < -0.3 is 4.90 Å². The highest BCUT2D eigenvalue weighted by Gasteiger charge is 2.15. The molecule has 1 aromatic heterocycles. The third-order valence-electron chi connectivity index (χ3n) is 1.78. The second-order valence-electron chi connectivity index (χ2n) is 2.63. The number of likely N-dealkylation sites (N-methyl/N-ethyl adjacent to an activating group) is 1. The minimum atomic E-state index is 1.03. The van der Waals surface area contributed by atoms with Gasteiger partial charge in [-0.25, -0.2) is 0 Å². The van der Waals surface area contributed by atoms with Crippen LogP contribution in [0.5, 0.6) is 0 Å². The van der Waals surface area contributed by atoms with Crippen molar-refractivity contribution in [2.45, 2.75) is 13.0 Å². The molecule has 4 heteroatoms. The second-order valence-corrected chi connectivity index (χ2v) is 3.47. The smallest absolute Gasteiger partial charge is 0.0813 e. The molecule has 0 aromatic carbocycles. The number of aromatic nitrogens is 2. The van der Waals surface area contributed by atoms with Crippen molar-refractivity contribution < 1.29 is 0 Å². The van der Waals surface area contributed by atoms with Crippen LogP contribution >= 0.6 is 11.5 Å². The van der Waals surface area contributed by atoms with Crippen LogP contribution in [-0.4, -0.2) is 28.1 Å². The number of rotatable bonds is 0. The van der Waals surface area contributed by atoms with Gasteiger partial charge in [-0.2, -0.15) is 0 Å². The summed E-state index contributed by atoms with van der Waals surface area (Å²) in [6.45, 7) is 2.16. The lowest BCUT2D eigenvalue weighted by Gasteiger charge is -2.19. The standard InChI is InChI=1S/C6H9N3S/c1-9-3-2-5-6(4-9)10-8-7-5/h2-4H2,1H3. The summed E-state index contributed by atoms with van der Waals surface area (Å²) in [5.74, 6) is 0. The van der Waals surface area contributed by atoms with Gasteiger partial charge in [0.2, 0.25) is 0 Å². The highest BCUT2D eigenvalue weighted by molar-refractivity contribution is 7.05. The first-order valence-corrected chi connectivity index (χ1v) is 4.12. The van der Waals surface area contributed by atoms with Crippen LogP contribution in [0.15, 0.2) is 0 Å². The molecule has 0 fully saturated rings. The molecule has 2 heterocycles. The molecule has 54 valence electrons. The maximum absolute atomic E-state index is 4.03. The summed E-state index contributed by atoms with van der Waals surface area (Å²) >= 11 is 1.53. The SMILES string of the molecule is CN1CCc2nnsc2C1. The summed E-state index contributed by atoms with van der Waals surface area (Å²) in [7, 11) is 2.13. The third kappa shape index (κ3) is 0.932. The van der Waals surface area contributed by atoms with E-state index >= 15 is 0 Å². The van der Waals surface area contributed by atoms with Gasteiger partial charge in [-0.15, -0.1) is 5.10 Å². The van der Waals surface area contributed by atoms with Crippen molar-refractivity contribution in [3.63, 3.8) is 0 Å². The van der Waals surface area contributed by atoms with Crippen LogP contribution < -0.4 is 0 Å². The zero-order valence-electron chi connectivity index (χ0n) is 5.87. The molecule has 0 amide bonds. The van der Waals surface area contributed by atoms with E-state index in [9.17, 15) is 0 Å². The molecule has 10 heavy (non-hydrogen) atoms. The van der Waals surface area contributed by atoms with Crippen molar-refractivity contribution in [3.8, 4) is 0 Å². The van der Waals surface area contributed by atoms with Crippen molar-refractivity contribution in [1.82, 2.24) is 14.5 Å². The molecule has 1 aromatic rings. The fourth-order valence-corrected chi connectivity index (χ4v) is 1.92. The van der Waals surface area contributed by atoms with Crippen LogP contribution in [0.4, 0.5) is 0 Å². The van der Waals surface area contributed by atoms with Crippen molar-refractivity contribution in [2.24, 2.45) is 0 Å². The number of nitrogens with zero attached hydrogens (tertiary/aromatic N) is 3. The Bertz CT molecular complexity index is 233. The lowest BCUT2D eigenvalue weighted by Crippen LogP contribution is -2.25. The van der Waals surface area contributed by atoms with Gasteiger partial charge in [0.05, 0.1) is 10.6 Å². The number of fused-ring (bicyclic) bond motifs is 1. The summed E-state index contributed by atoms with van der Waals surface area (Å²) < 4.78 is 3.90. The molecule has 1 aliphatic rings. The Morgan fingerprint density at radius 1 is 1.60 bits per heavy atom. The monoisotopic (exact) mass is 155 g/mol. The average Bonchev–Trinajstić information content (AvgIpc) is 2.33. The summed E-state index contributed by atoms with van der Waals surface area (Å²) in [4.78, 5) is 3.64. The Hall–Kier alpha value is -0.480. The van der Waals surface area contributed by atoms with Gasteiger partial charge in [-0.05, 0) is 18.6 Å². The maximum Gasteiger partial charge on any atom is 0.0813 e. The molecule has 0 radical (unpaired) electrons. The molecule has 0 unspecified atom stereocenters. The fraction of sp³-hybridized carbons (Fsp3) is 0.667. The largest absolute Gasteiger partial charge is 0.301 e. The van der Waals surface area contributed by atoms with Gasteiger partial charge in [0, 0.05) is 19.5 Å². The minimum Gasteiger partial charge on any atom is -0.301 e. The Balaban J connectivity index is 2.30. The first-order valence-electron chi connectivity index (χ1n) is 3.35. The van der Waals surface area contributed by atoms with E-state index in [1.165, 1.54) is 22.1 Å². The van der Waals surface area contributed by atoms with E-state index in [4.69, 9.17) is 0 Å². The summed E-state index contributed by atoms with van der Waals surface area (Å²) in [5.41, 5.74) is 1.21. The van der Waals surface area contributed by atoms with Crippen molar-refractivity contribution in [2.75, 3.05) is 13.6 Å². The summed E-state index contributed by atoms with van der Waals surface area (Å²) in [6.07, 6.45) is 1.07. The topological polar surface area (TPSA) is 29.0 Å². The molecule has 3 nitrogen and oxygen atoms in total. The lowest BCUT2D eigenvalue weighted by atomic mass is 10.2. The molecule has 0 bridgehead atoms. The Morgan fingerprint density at radius 3 is 3.40 bits per heavy atom. The molecule has 0 spiro atoms. The van der Waals surface area contributed by atoms with Crippen LogP contribution in [-0.2, 0) is 13.0 Å².